The molecule has 0 aliphatic carbocycles. The van der Waals surface area contributed by atoms with Gasteiger partial charge in [-0.3, -0.25) is 0 Å². The standard InChI is InChI=1S/C51H29N3O2S/c1-3-13-30(14-4-1)33-27-40(47-37-18-8-10-24-44(37)57-45(47)29-33)36-19-12-23-42-46(36)38-20-11-21-39(48(38)56-42)51-53-49(31-15-5-2-6-16-31)52-50(54-51)32-25-26-35-34-17-7-9-22-41(34)55-43(35)28-32/h1-29H/i1D,2D,3D,4D,5D,6D,7D,8D,9D,10D,11D,12D,13D,14D,15D,16D,17D,18D,19D,20D,21D,22D,23D,24D,25D,26D,27D,28D,29D. The Morgan fingerprint density at radius 3 is 1.88 bits per heavy atom. The highest BCUT2D eigenvalue weighted by Gasteiger charge is 2.22. The third-order valence-electron chi connectivity index (χ3n) is 8.89. The second kappa shape index (κ2) is 12.6. The summed E-state index contributed by atoms with van der Waals surface area (Å²) in [6.07, 6.45) is 0. The Morgan fingerprint density at radius 2 is 1.02 bits per heavy atom. The molecule has 0 spiro atoms. The minimum atomic E-state index is -1.01. The van der Waals surface area contributed by atoms with Gasteiger partial charge in [0, 0.05) is 52.8 Å². The largest absolute Gasteiger partial charge is 0.456 e. The van der Waals surface area contributed by atoms with Crippen LogP contribution in [-0.2, 0) is 0 Å². The zero-order chi connectivity index (χ0) is 62.7. The minimum absolute atomic E-state index is 0.215. The molecular formula is C51H29N3O2S. The molecule has 12 rings (SSSR count). The van der Waals surface area contributed by atoms with Gasteiger partial charge in [-0.1, -0.05) is 127 Å². The van der Waals surface area contributed by atoms with Gasteiger partial charge in [-0.2, -0.15) is 0 Å². The first-order valence-corrected chi connectivity index (χ1v) is 17.4. The van der Waals surface area contributed by atoms with Crippen LogP contribution in [0.4, 0.5) is 0 Å². The van der Waals surface area contributed by atoms with Crippen molar-refractivity contribution in [1.29, 1.82) is 0 Å². The number of hydrogen-bond acceptors (Lipinski definition) is 6. The van der Waals surface area contributed by atoms with E-state index in [2.05, 4.69) is 15.0 Å². The van der Waals surface area contributed by atoms with Crippen LogP contribution in [0.3, 0.4) is 0 Å². The number of fused-ring (bicyclic) bond motifs is 9. The summed E-state index contributed by atoms with van der Waals surface area (Å²) in [5.41, 5.74) is -7.42. The van der Waals surface area contributed by atoms with Gasteiger partial charge in [-0.25, -0.2) is 15.0 Å². The fraction of sp³-hybridized carbons (Fsp3) is 0. The van der Waals surface area contributed by atoms with Crippen LogP contribution in [0.2, 0.25) is 0 Å². The molecule has 0 aliphatic rings. The van der Waals surface area contributed by atoms with Crippen LogP contribution in [0.1, 0.15) is 39.8 Å². The maximum Gasteiger partial charge on any atom is 0.167 e. The van der Waals surface area contributed by atoms with Crippen LogP contribution < -0.4 is 0 Å². The summed E-state index contributed by atoms with van der Waals surface area (Å²) >= 11 is 0.589. The molecule has 0 radical (unpaired) electrons. The number of hydrogen-bond donors (Lipinski definition) is 0. The Balaban J connectivity index is 1.27. The summed E-state index contributed by atoms with van der Waals surface area (Å²) in [6.45, 7) is 0. The highest BCUT2D eigenvalue weighted by molar-refractivity contribution is 7.26. The van der Waals surface area contributed by atoms with Crippen LogP contribution in [0.5, 0.6) is 0 Å². The van der Waals surface area contributed by atoms with E-state index in [1.807, 2.05) is 0 Å². The van der Waals surface area contributed by atoms with E-state index in [0.717, 1.165) is 0 Å². The molecule has 4 aromatic heterocycles. The van der Waals surface area contributed by atoms with Crippen LogP contribution in [0.15, 0.2) is 184 Å². The molecule has 57 heavy (non-hydrogen) atoms. The molecule has 0 unspecified atom stereocenters. The van der Waals surface area contributed by atoms with Gasteiger partial charge in [0.1, 0.15) is 22.3 Å². The topological polar surface area (TPSA) is 65.0 Å². The number of aromatic nitrogens is 3. The first-order valence-electron chi connectivity index (χ1n) is 31.1. The van der Waals surface area contributed by atoms with E-state index >= 15 is 0 Å². The molecule has 266 valence electrons. The van der Waals surface area contributed by atoms with Gasteiger partial charge >= 0.3 is 0 Å². The lowest BCUT2D eigenvalue weighted by atomic mass is 9.92. The number of nitrogens with zero attached hydrogens (tertiary/aromatic N) is 3. The number of para-hydroxylation sites is 2. The van der Waals surface area contributed by atoms with Crippen molar-refractivity contribution in [3.63, 3.8) is 0 Å². The van der Waals surface area contributed by atoms with Gasteiger partial charge in [0.25, 0.3) is 0 Å². The van der Waals surface area contributed by atoms with Gasteiger partial charge in [-0.15, -0.1) is 11.3 Å². The molecule has 12 aromatic rings. The molecule has 0 fully saturated rings. The van der Waals surface area contributed by atoms with E-state index < -0.39 is 270 Å². The molecule has 0 N–H and O–H groups in total. The quantitative estimate of drug-likeness (QED) is 0.174. The average molecular weight is 777 g/mol. The fourth-order valence-electron chi connectivity index (χ4n) is 6.47. The van der Waals surface area contributed by atoms with Crippen molar-refractivity contribution in [3.8, 4) is 56.4 Å². The van der Waals surface area contributed by atoms with Crippen molar-refractivity contribution in [2.45, 2.75) is 0 Å². The second-order valence-corrected chi connectivity index (χ2v) is 13.1. The molecule has 4 heterocycles. The summed E-state index contributed by atoms with van der Waals surface area (Å²) in [7, 11) is 0. The highest BCUT2D eigenvalue weighted by atomic mass is 32.1. The van der Waals surface area contributed by atoms with E-state index in [0.29, 0.717) is 11.3 Å². The first-order chi connectivity index (χ1) is 40.3. The van der Waals surface area contributed by atoms with Crippen molar-refractivity contribution < 1.29 is 48.6 Å². The smallest absolute Gasteiger partial charge is 0.167 e. The zero-order valence-electron chi connectivity index (χ0n) is 57.1. The van der Waals surface area contributed by atoms with Crippen molar-refractivity contribution in [3.05, 3.63) is 175 Å². The van der Waals surface area contributed by atoms with Crippen molar-refractivity contribution >= 4 is 75.4 Å². The summed E-state index contributed by atoms with van der Waals surface area (Å²) in [4.78, 5) is 13.3. The summed E-state index contributed by atoms with van der Waals surface area (Å²) in [5, 5.41) is -2.66. The lowest BCUT2D eigenvalue weighted by Crippen LogP contribution is -2.00. The summed E-state index contributed by atoms with van der Waals surface area (Å²) in [6, 6.07) is -24.6. The van der Waals surface area contributed by atoms with Crippen molar-refractivity contribution in [2.75, 3.05) is 0 Å². The Labute approximate surface area is 370 Å². The van der Waals surface area contributed by atoms with Crippen LogP contribution in [-0.4, -0.2) is 15.0 Å². The lowest BCUT2D eigenvalue weighted by molar-refractivity contribution is 0.668. The van der Waals surface area contributed by atoms with Gasteiger partial charge < -0.3 is 8.83 Å². The maximum atomic E-state index is 10.0. The first kappa shape index (κ1) is 14.6. The van der Waals surface area contributed by atoms with Gasteiger partial charge in [0.2, 0.25) is 0 Å². The third kappa shape index (κ3) is 5.12. The van der Waals surface area contributed by atoms with Crippen LogP contribution >= 0.6 is 11.3 Å². The van der Waals surface area contributed by atoms with Crippen LogP contribution in [0, 0.1) is 0 Å². The summed E-state index contributed by atoms with van der Waals surface area (Å²) in [5.74, 6) is -2.53. The number of benzene rings is 8. The Hall–Kier alpha value is -7.41. The van der Waals surface area contributed by atoms with E-state index in [1.54, 1.807) is 0 Å². The normalized spacial score (nSPS) is 19.0. The predicted molar refractivity (Wildman–Crippen MR) is 234 cm³/mol. The van der Waals surface area contributed by atoms with Gasteiger partial charge in [-0.05, 0) is 70.6 Å². The molecule has 0 saturated carbocycles. The van der Waals surface area contributed by atoms with Crippen LogP contribution in [0.25, 0.3) is 120 Å². The maximum absolute atomic E-state index is 10.0. The van der Waals surface area contributed by atoms with Gasteiger partial charge in [0.15, 0.2) is 17.5 Å². The van der Waals surface area contributed by atoms with Crippen molar-refractivity contribution in [1.82, 2.24) is 15.0 Å². The van der Waals surface area contributed by atoms with E-state index in [4.69, 9.17) is 33.5 Å². The van der Waals surface area contributed by atoms with Crippen molar-refractivity contribution in [2.24, 2.45) is 0 Å². The zero-order valence-corrected chi connectivity index (χ0v) is 28.9. The molecular weight excluding hydrogens is 719 g/mol. The van der Waals surface area contributed by atoms with E-state index in [9.17, 15) is 15.1 Å². The minimum Gasteiger partial charge on any atom is -0.456 e. The molecule has 0 aliphatic heterocycles. The SMILES string of the molecule is [2H]c1c([2H])c([2H])c(-c2nc(-c3c([2H])c([2H])c4c(oc5c([2H])c([2H])c([2H])c([2H])c54)c3[2H])nc(-c3c([2H])c([2H])c([2H])c4c3oc3c([2H])c([2H])c([2H])c(-c5c([2H])c(-c6c([2H])c([2H])c([2H])c([2H])c6[2H])c([2H])c6sc7c([2H])c([2H])c([2H])c([2H])c7c56)c34)n2)c([2H])c1[2H]. The molecule has 0 bridgehead atoms. The number of furan rings is 2. The molecule has 0 atom stereocenters. The molecule has 5 nitrogen and oxygen atoms in total. The van der Waals surface area contributed by atoms with E-state index in [1.165, 1.54) is 0 Å². The average Bonchev–Trinajstić information content (AvgIpc) is 1.51. The molecule has 0 amide bonds. The summed E-state index contributed by atoms with van der Waals surface area (Å²) < 4.78 is 271. The predicted octanol–water partition coefficient (Wildman–Crippen LogP) is 14.4. The molecule has 8 aromatic carbocycles. The Morgan fingerprint density at radius 1 is 0.368 bits per heavy atom. The van der Waals surface area contributed by atoms with E-state index in [-0.39, 0.29) is 25.6 Å². The number of thiophene rings is 1. The molecule has 0 saturated heterocycles. The molecule has 6 heteroatoms. The monoisotopic (exact) mass is 776 g/mol. The third-order valence-corrected chi connectivity index (χ3v) is 9.91. The Kier molecular flexibility index (Phi) is 3.22. The lowest BCUT2D eigenvalue weighted by Gasteiger charge is -2.11. The fourth-order valence-corrected chi connectivity index (χ4v) is 7.49. The highest BCUT2D eigenvalue weighted by Crippen LogP contribution is 2.47. The number of rotatable bonds is 5. The van der Waals surface area contributed by atoms with Gasteiger partial charge in [0.05, 0.1) is 45.3 Å². The Bertz CT molecular complexity index is 5190. The second-order valence-electron chi connectivity index (χ2n) is 12.1.